The zero-order valence-electron chi connectivity index (χ0n) is 13.4. The van der Waals surface area contributed by atoms with Crippen LogP contribution in [0, 0.1) is 0 Å². The van der Waals surface area contributed by atoms with Gasteiger partial charge in [-0.15, -0.1) is 0 Å². The summed E-state index contributed by atoms with van der Waals surface area (Å²) in [7, 11) is 0. The van der Waals surface area contributed by atoms with Crippen molar-refractivity contribution in [3.8, 4) is 11.1 Å². The SMILES string of the molecule is O=C(NNC(=O)c1ccc(Cl)cc1Cl)c1ccc(-c2cccnc2)cc1. The molecule has 1 heterocycles. The Morgan fingerprint density at radius 1 is 0.846 bits per heavy atom. The van der Waals surface area contributed by atoms with Crippen LogP contribution in [0.25, 0.3) is 11.1 Å². The van der Waals surface area contributed by atoms with Crippen molar-refractivity contribution < 1.29 is 9.59 Å². The molecule has 26 heavy (non-hydrogen) atoms. The van der Waals surface area contributed by atoms with Crippen LogP contribution in [0.4, 0.5) is 0 Å². The van der Waals surface area contributed by atoms with E-state index in [9.17, 15) is 9.59 Å². The summed E-state index contributed by atoms with van der Waals surface area (Å²) in [5, 5.41) is 0.620. The third-order valence-corrected chi connectivity index (χ3v) is 4.16. The van der Waals surface area contributed by atoms with Crippen molar-refractivity contribution in [2.45, 2.75) is 0 Å². The van der Waals surface area contributed by atoms with Crippen LogP contribution >= 0.6 is 23.2 Å². The van der Waals surface area contributed by atoms with E-state index in [1.54, 1.807) is 30.6 Å². The topological polar surface area (TPSA) is 71.1 Å². The lowest BCUT2D eigenvalue weighted by Crippen LogP contribution is -2.41. The molecule has 2 aromatic carbocycles. The first-order chi connectivity index (χ1) is 12.5. The highest BCUT2D eigenvalue weighted by Crippen LogP contribution is 2.21. The number of nitrogens with zero attached hydrogens (tertiary/aromatic N) is 1. The molecular weight excluding hydrogens is 373 g/mol. The number of nitrogens with one attached hydrogen (secondary N) is 2. The van der Waals surface area contributed by atoms with Gasteiger partial charge in [-0.25, -0.2) is 0 Å². The van der Waals surface area contributed by atoms with Crippen LogP contribution in [-0.4, -0.2) is 16.8 Å². The summed E-state index contributed by atoms with van der Waals surface area (Å²) >= 11 is 11.8. The zero-order valence-corrected chi connectivity index (χ0v) is 14.9. The summed E-state index contributed by atoms with van der Waals surface area (Å²) in [6, 6.07) is 15.2. The second kappa shape index (κ2) is 7.99. The van der Waals surface area contributed by atoms with Crippen molar-refractivity contribution in [1.82, 2.24) is 15.8 Å². The van der Waals surface area contributed by atoms with Crippen LogP contribution in [0.1, 0.15) is 20.7 Å². The molecule has 5 nitrogen and oxygen atoms in total. The van der Waals surface area contributed by atoms with Gasteiger partial charge < -0.3 is 0 Å². The molecule has 130 valence electrons. The minimum absolute atomic E-state index is 0.199. The Hall–Kier alpha value is -2.89. The summed E-state index contributed by atoms with van der Waals surface area (Å²) in [4.78, 5) is 28.3. The standard InChI is InChI=1S/C19H13Cl2N3O2/c20-15-7-8-16(17(21)10-15)19(26)24-23-18(25)13-5-3-12(4-6-13)14-2-1-9-22-11-14/h1-11H,(H,23,25)(H,24,26). The van der Waals surface area contributed by atoms with Gasteiger partial charge >= 0.3 is 0 Å². The van der Waals surface area contributed by atoms with Crippen LogP contribution in [0.15, 0.2) is 67.0 Å². The van der Waals surface area contributed by atoms with Crippen molar-refractivity contribution in [3.63, 3.8) is 0 Å². The van der Waals surface area contributed by atoms with E-state index in [2.05, 4.69) is 15.8 Å². The normalized spacial score (nSPS) is 10.2. The van der Waals surface area contributed by atoms with Crippen LogP contribution in [0.2, 0.25) is 10.0 Å². The van der Waals surface area contributed by atoms with E-state index in [0.29, 0.717) is 10.6 Å². The Bertz CT molecular complexity index is 945. The van der Waals surface area contributed by atoms with Gasteiger partial charge in [-0.05, 0) is 47.5 Å². The maximum atomic E-state index is 12.2. The lowest BCUT2D eigenvalue weighted by molar-refractivity contribution is 0.0847. The maximum absolute atomic E-state index is 12.2. The number of benzene rings is 2. The second-order valence-electron chi connectivity index (χ2n) is 5.35. The van der Waals surface area contributed by atoms with Gasteiger partial charge in [-0.1, -0.05) is 41.4 Å². The Labute approximate surface area is 159 Å². The fraction of sp³-hybridized carbons (Fsp3) is 0. The molecule has 0 unspecified atom stereocenters. The fourth-order valence-corrected chi connectivity index (χ4v) is 2.77. The number of halogens is 2. The molecule has 0 aliphatic heterocycles. The third kappa shape index (κ3) is 4.20. The molecule has 0 bridgehead atoms. The fourth-order valence-electron chi connectivity index (χ4n) is 2.27. The quantitative estimate of drug-likeness (QED) is 0.665. The van der Waals surface area contributed by atoms with Gasteiger partial charge in [0.05, 0.1) is 10.6 Å². The number of amides is 2. The molecule has 0 radical (unpaired) electrons. The summed E-state index contributed by atoms with van der Waals surface area (Å²) in [6.45, 7) is 0. The average Bonchev–Trinajstić information content (AvgIpc) is 2.66. The van der Waals surface area contributed by atoms with Crippen molar-refractivity contribution in [3.05, 3.63) is 88.2 Å². The molecule has 3 rings (SSSR count). The summed E-state index contributed by atoms with van der Waals surface area (Å²) in [5.74, 6) is -0.979. The number of rotatable bonds is 3. The lowest BCUT2D eigenvalue weighted by Gasteiger charge is -2.09. The van der Waals surface area contributed by atoms with E-state index in [0.717, 1.165) is 11.1 Å². The first-order valence-corrected chi connectivity index (χ1v) is 8.36. The third-order valence-electron chi connectivity index (χ3n) is 3.61. The molecule has 0 atom stereocenters. The van der Waals surface area contributed by atoms with E-state index in [1.165, 1.54) is 12.1 Å². The number of hydrogen-bond acceptors (Lipinski definition) is 3. The molecule has 0 aliphatic rings. The van der Waals surface area contributed by atoms with Crippen molar-refractivity contribution in [2.24, 2.45) is 0 Å². The van der Waals surface area contributed by atoms with Gasteiger partial charge in [0.2, 0.25) is 0 Å². The largest absolute Gasteiger partial charge is 0.271 e. The number of hydrogen-bond donors (Lipinski definition) is 2. The number of carbonyl (C=O) groups excluding carboxylic acids is 2. The lowest BCUT2D eigenvalue weighted by atomic mass is 10.1. The van der Waals surface area contributed by atoms with Gasteiger partial charge in [0.15, 0.2) is 0 Å². The first kappa shape index (κ1) is 17.9. The molecule has 0 spiro atoms. The number of hydrazine groups is 1. The van der Waals surface area contributed by atoms with E-state index < -0.39 is 11.8 Å². The van der Waals surface area contributed by atoms with Crippen LogP contribution in [-0.2, 0) is 0 Å². The number of carbonyl (C=O) groups is 2. The molecular formula is C19H13Cl2N3O2. The summed E-state index contributed by atoms with van der Waals surface area (Å²) < 4.78 is 0. The predicted octanol–water partition coefficient (Wildman–Crippen LogP) is 4.13. The monoisotopic (exact) mass is 385 g/mol. The maximum Gasteiger partial charge on any atom is 0.271 e. The molecule has 0 saturated heterocycles. The Morgan fingerprint density at radius 3 is 2.23 bits per heavy atom. The van der Waals surface area contributed by atoms with Crippen LogP contribution in [0.5, 0.6) is 0 Å². The average molecular weight is 386 g/mol. The van der Waals surface area contributed by atoms with Gasteiger partial charge in [0.25, 0.3) is 11.8 Å². The van der Waals surface area contributed by atoms with E-state index >= 15 is 0 Å². The van der Waals surface area contributed by atoms with Gasteiger partial charge in [0, 0.05) is 23.0 Å². The van der Waals surface area contributed by atoms with E-state index in [-0.39, 0.29) is 10.6 Å². The van der Waals surface area contributed by atoms with Crippen molar-refractivity contribution in [1.29, 1.82) is 0 Å². The molecule has 3 aromatic rings. The second-order valence-corrected chi connectivity index (χ2v) is 6.20. The van der Waals surface area contributed by atoms with Gasteiger partial charge in [-0.3, -0.25) is 25.4 Å². The minimum atomic E-state index is -0.535. The Morgan fingerprint density at radius 2 is 1.58 bits per heavy atom. The molecule has 7 heteroatoms. The summed E-state index contributed by atoms with van der Waals surface area (Å²) in [5.41, 5.74) is 7.18. The van der Waals surface area contributed by atoms with E-state index in [1.807, 2.05) is 24.3 Å². The molecule has 2 amide bonds. The minimum Gasteiger partial charge on any atom is -0.267 e. The van der Waals surface area contributed by atoms with Gasteiger partial charge in [-0.2, -0.15) is 0 Å². The highest BCUT2D eigenvalue weighted by atomic mass is 35.5. The molecule has 0 saturated carbocycles. The van der Waals surface area contributed by atoms with Crippen molar-refractivity contribution in [2.75, 3.05) is 0 Å². The highest BCUT2D eigenvalue weighted by molar-refractivity contribution is 6.36. The Kier molecular flexibility index (Phi) is 5.51. The smallest absolute Gasteiger partial charge is 0.267 e. The number of aromatic nitrogens is 1. The highest BCUT2D eigenvalue weighted by Gasteiger charge is 2.12. The first-order valence-electron chi connectivity index (χ1n) is 7.61. The van der Waals surface area contributed by atoms with Crippen LogP contribution in [0.3, 0.4) is 0 Å². The van der Waals surface area contributed by atoms with E-state index in [4.69, 9.17) is 23.2 Å². The van der Waals surface area contributed by atoms with Gasteiger partial charge in [0.1, 0.15) is 0 Å². The van der Waals surface area contributed by atoms with Crippen LogP contribution < -0.4 is 10.9 Å². The number of pyridine rings is 1. The molecule has 2 N–H and O–H groups in total. The molecule has 1 aromatic heterocycles. The zero-order chi connectivity index (χ0) is 18.5. The molecule has 0 aliphatic carbocycles. The van der Waals surface area contributed by atoms with Crippen molar-refractivity contribution >= 4 is 35.0 Å². The Balaban J connectivity index is 1.64. The summed E-state index contributed by atoms with van der Waals surface area (Å²) in [6.07, 6.45) is 3.44. The molecule has 0 fully saturated rings. The predicted molar refractivity (Wildman–Crippen MR) is 101 cm³/mol.